The summed E-state index contributed by atoms with van der Waals surface area (Å²) in [4.78, 5) is 0. The van der Waals surface area contributed by atoms with E-state index in [4.69, 9.17) is 4.43 Å². The van der Waals surface area contributed by atoms with Crippen LogP contribution in [-0.4, -0.2) is 26.1 Å². The molecule has 2 nitrogen and oxygen atoms in total. The molecule has 124 valence electrons. The summed E-state index contributed by atoms with van der Waals surface area (Å²) < 4.78 is 6.70. The van der Waals surface area contributed by atoms with Crippen molar-refractivity contribution in [2.24, 2.45) is 0 Å². The second-order valence-corrected chi connectivity index (χ2v) is 22.5. The van der Waals surface area contributed by atoms with Gasteiger partial charge in [-0.2, -0.15) is 0 Å². The Kier molecular flexibility index (Phi) is 4.95. The molecule has 1 aliphatic rings. The van der Waals surface area contributed by atoms with Crippen molar-refractivity contribution >= 4 is 15.4 Å². The van der Waals surface area contributed by atoms with E-state index in [1.54, 1.807) is 0 Å². The van der Waals surface area contributed by atoms with Gasteiger partial charge in [0, 0.05) is 0 Å². The minimum Gasteiger partial charge on any atom is -0.508 e. The van der Waals surface area contributed by atoms with Gasteiger partial charge in [-0.25, -0.2) is 0 Å². The first-order chi connectivity index (χ1) is 10.1. The second kappa shape index (κ2) is 6.13. The molecule has 22 heavy (non-hydrogen) atoms. The Hall–Kier alpha value is -0.586. The van der Waals surface area contributed by atoms with Gasteiger partial charge < -0.3 is 9.53 Å². The van der Waals surface area contributed by atoms with E-state index in [1.165, 1.54) is 30.9 Å². The third-order valence-corrected chi connectivity index (χ3v) is 23.4. The van der Waals surface area contributed by atoms with Crippen LogP contribution in [0.4, 0.5) is 0 Å². The van der Waals surface area contributed by atoms with Gasteiger partial charge >= 0.3 is 0 Å². The van der Waals surface area contributed by atoms with E-state index in [0.29, 0.717) is 11.3 Å². The molecule has 0 spiro atoms. The molecule has 1 aromatic rings. The van der Waals surface area contributed by atoms with Gasteiger partial charge in [0.15, 0.2) is 7.83 Å². The summed E-state index contributed by atoms with van der Waals surface area (Å²) in [7, 11) is -3.23. The molecule has 0 aliphatic carbocycles. The third-order valence-electron chi connectivity index (χ3n) is 5.80. The summed E-state index contributed by atoms with van der Waals surface area (Å²) in [6, 6.07) is 9.33. The lowest BCUT2D eigenvalue weighted by Crippen LogP contribution is -2.68. The van der Waals surface area contributed by atoms with Crippen LogP contribution >= 0.6 is 0 Å². The van der Waals surface area contributed by atoms with Gasteiger partial charge in [0.05, 0.1) is 13.2 Å². The van der Waals surface area contributed by atoms with Crippen molar-refractivity contribution in [3.63, 3.8) is 0 Å². The highest BCUT2D eigenvalue weighted by atomic mass is 29.3. The Labute approximate surface area is 137 Å². The molecule has 4 heteroatoms. The number of hydrogen-bond donors (Lipinski definition) is 1. The van der Waals surface area contributed by atoms with Crippen LogP contribution in [0.25, 0.3) is 0 Å². The van der Waals surface area contributed by atoms with E-state index < -0.39 is 15.4 Å². The largest absolute Gasteiger partial charge is 0.508 e. The van der Waals surface area contributed by atoms with Gasteiger partial charge in [-0.3, -0.25) is 0 Å². The van der Waals surface area contributed by atoms with Crippen LogP contribution in [0, 0.1) is 0 Å². The van der Waals surface area contributed by atoms with E-state index in [-0.39, 0.29) is 5.60 Å². The second-order valence-electron chi connectivity index (χ2n) is 8.22. The highest BCUT2D eigenvalue weighted by Crippen LogP contribution is 2.47. The first kappa shape index (κ1) is 17.8. The van der Waals surface area contributed by atoms with Crippen molar-refractivity contribution < 1.29 is 9.53 Å². The summed E-state index contributed by atoms with van der Waals surface area (Å²) in [5, 5.41) is 9.61. The van der Waals surface area contributed by atoms with Crippen molar-refractivity contribution in [1.29, 1.82) is 0 Å². The average Bonchev–Trinajstić information content (AvgIpc) is 2.41. The standard InChI is InChI=1S/C18H32O2Si2/c1-7-8-17(15-9-11-16(19)12-10-15)22(6)14-13-18(2,3)20-21(22,4)5/h9-12,17,19H,7-8,13-14H2,1-6H3. The van der Waals surface area contributed by atoms with Gasteiger partial charge in [0.2, 0.25) is 0 Å². The predicted molar refractivity (Wildman–Crippen MR) is 99.4 cm³/mol. The molecule has 1 saturated heterocycles. The van der Waals surface area contributed by atoms with Gasteiger partial charge in [-0.05, 0) is 63.0 Å². The molecule has 1 N–H and O–H groups in total. The number of aromatic hydroxyl groups is 1. The van der Waals surface area contributed by atoms with Crippen molar-refractivity contribution in [1.82, 2.24) is 0 Å². The zero-order valence-electron chi connectivity index (χ0n) is 15.1. The molecule has 0 radical (unpaired) electrons. The maximum atomic E-state index is 9.61. The molecular formula is C18H32O2Si2. The SMILES string of the molecule is CCCC(c1ccc(O)cc1)[Si]1(C)CCC(C)(C)O[Si]1(C)C. The Morgan fingerprint density at radius 2 is 1.77 bits per heavy atom. The summed E-state index contributed by atoms with van der Waals surface area (Å²) in [6.45, 7) is 14.3. The van der Waals surface area contributed by atoms with Crippen molar-refractivity contribution in [2.45, 2.75) is 76.9 Å². The van der Waals surface area contributed by atoms with E-state index in [9.17, 15) is 5.11 Å². The number of benzene rings is 1. The fraction of sp³-hybridized carbons (Fsp3) is 0.667. The van der Waals surface area contributed by atoms with Crippen molar-refractivity contribution in [3.05, 3.63) is 29.8 Å². The fourth-order valence-electron chi connectivity index (χ4n) is 4.16. The van der Waals surface area contributed by atoms with Gasteiger partial charge in [-0.15, -0.1) is 0 Å². The van der Waals surface area contributed by atoms with Crippen molar-refractivity contribution in [3.8, 4) is 5.75 Å². The Bertz CT molecular complexity index is 510. The maximum Gasteiger partial charge on any atom is 0.175 e. The lowest BCUT2D eigenvalue weighted by Gasteiger charge is -2.54. The number of hydrogen-bond acceptors (Lipinski definition) is 2. The molecule has 1 heterocycles. The smallest absolute Gasteiger partial charge is 0.175 e. The molecule has 1 aliphatic heterocycles. The monoisotopic (exact) mass is 336 g/mol. The summed E-state index contributed by atoms with van der Waals surface area (Å²) in [6.07, 6.45) is 3.64. The number of phenolic OH excluding ortho intramolecular Hbond substituents is 1. The molecule has 1 aromatic carbocycles. The highest BCUT2D eigenvalue weighted by Gasteiger charge is 2.56. The summed E-state index contributed by atoms with van der Waals surface area (Å²) in [5.41, 5.74) is 2.11. The minimum atomic E-state index is -1.70. The summed E-state index contributed by atoms with van der Waals surface area (Å²) in [5.74, 6) is 0.364. The Morgan fingerprint density at radius 1 is 1.18 bits per heavy atom. The van der Waals surface area contributed by atoms with Crippen LogP contribution in [0.1, 0.15) is 51.1 Å². The van der Waals surface area contributed by atoms with Gasteiger partial charge in [-0.1, -0.05) is 38.1 Å². The van der Waals surface area contributed by atoms with Crippen LogP contribution in [-0.2, 0) is 4.43 Å². The molecule has 1 fully saturated rings. The van der Waals surface area contributed by atoms with E-state index in [1.807, 2.05) is 12.1 Å². The van der Waals surface area contributed by atoms with Crippen LogP contribution in [0.2, 0.25) is 25.7 Å². The zero-order chi connectivity index (χ0) is 16.6. The van der Waals surface area contributed by atoms with E-state index >= 15 is 0 Å². The highest BCUT2D eigenvalue weighted by molar-refractivity contribution is 7.39. The Morgan fingerprint density at radius 3 is 2.27 bits per heavy atom. The lowest BCUT2D eigenvalue weighted by molar-refractivity contribution is 0.0926. The third kappa shape index (κ3) is 3.34. The van der Waals surface area contributed by atoms with Crippen LogP contribution < -0.4 is 0 Å². The van der Waals surface area contributed by atoms with Crippen molar-refractivity contribution in [2.75, 3.05) is 0 Å². The zero-order valence-corrected chi connectivity index (χ0v) is 17.1. The normalized spacial score (nSPS) is 28.3. The maximum absolute atomic E-state index is 9.61. The number of phenols is 1. The van der Waals surface area contributed by atoms with E-state index in [0.717, 1.165) is 0 Å². The average molecular weight is 337 g/mol. The van der Waals surface area contributed by atoms with Gasteiger partial charge in [0.25, 0.3) is 0 Å². The molecule has 0 bridgehead atoms. The topological polar surface area (TPSA) is 29.5 Å². The first-order valence-electron chi connectivity index (χ1n) is 8.60. The first-order valence-corrected chi connectivity index (χ1v) is 15.3. The predicted octanol–water partition coefficient (Wildman–Crippen LogP) is 5.38. The molecule has 0 saturated carbocycles. The summed E-state index contributed by atoms with van der Waals surface area (Å²) >= 11 is 0. The van der Waals surface area contributed by atoms with E-state index in [2.05, 4.69) is 52.5 Å². The lowest BCUT2D eigenvalue weighted by atomic mass is 10.1. The quantitative estimate of drug-likeness (QED) is 0.748. The molecule has 0 amide bonds. The van der Waals surface area contributed by atoms with Crippen LogP contribution in [0.15, 0.2) is 24.3 Å². The van der Waals surface area contributed by atoms with Crippen LogP contribution in [0.3, 0.4) is 0 Å². The molecule has 0 aromatic heterocycles. The van der Waals surface area contributed by atoms with Crippen LogP contribution in [0.5, 0.6) is 5.75 Å². The number of rotatable bonds is 4. The fourth-order valence-corrected chi connectivity index (χ4v) is 17.8. The molecule has 2 rings (SSSR count). The molecule has 2 atom stereocenters. The minimum absolute atomic E-state index is 0.0496. The Balaban J connectivity index is 2.40. The van der Waals surface area contributed by atoms with Gasteiger partial charge in [0.1, 0.15) is 5.75 Å². The molecule has 2 unspecified atom stereocenters. The molecular weight excluding hydrogens is 304 g/mol.